The highest BCUT2D eigenvalue weighted by molar-refractivity contribution is 8.04. The first-order valence-electron chi connectivity index (χ1n) is 6.23. The summed E-state index contributed by atoms with van der Waals surface area (Å²) in [6.07, 6.45) is 2.13. The Hall–Kier alpha value is -1.33. The molecule has 5 heteroatoms. The van der Waals surface area contributed by atoms with Crippen LogP contribution in [-0.4, -0.2) is 23.6 Å². The molecule has 0 unspecified atom stereocenters. The van der Waals surface area contributed by atoms with Crippen molar-refractivity contribution >= 4 is 45.3 Å². The predicted octanol–water partition coefficient (Wildman–Crippen LogP) is 2.71. The van der Waals surface area contributed by atoms with Gasteiger partial charge in [0, 0.05) is 13.1 Å². The number of thioether (sulfide) groups is 1. The third-order valence-corrected chi connectivity index (χ3v) is 5.44. The zero-order chi connectivity index (χ0) is 13.4. The Morgan fingerprint density at radius 2 is 2.21 bits per heavy atom. The summed E-state index contributed by atoms with van der Waals surface area (Å²) in [5.74, 6) is 0.736. The molecule has 2 aromatic rings. The smallest absolute Gasteiger partial charge is 0.265 e. The van der Waals surface area contributed by atoms with Crippen molar-refractivity contribution in [2.75, 3.05) is 12.8 Å². The summed E-state index contributed by atoms with van der Waals surface area (Å²) in [7, 11) is 1.85. The van der Waals surface area contributed by atoms with E-state index in [1.54, 1.807) is 28.0 Å². The largest absolute Gasteiger partial charge is 0.309 e. The van der Waals surface area contributed by atoms with Gasteiger partial charge in [-0.3, -0.25) is 4.79 Å². The van der Waals surface area contributed by atoms with E-state index in [1.807, 2.05) is 7.05 Å². The van der Waals surface area contributed by atoms with E-state index < -0.39 is 0 Å². The molecule has 1 aliphatic heterocycles. The fraction of sp³-hybridized carbons (Fsp3) is 0.286. The zero-order valence-electron chi connectivity index (χ0n) is 10.9. The van der Waals surface area contributed by atoms with E-state index in [2.05, 4.69) is 41.8 Å². The van der Waals surface area contributed by atoms with Gasteiger partial charge in [-0.1, -0.05) is 35.2 Å². The van der Waals surface area contributed by atoms with Gasteiger partial charge in [-0.15, -0.1) is 0 Å². The van der Waals surface area contributed by atoms with Gasteiger partial charge in [0.2, 0.25) is 11.4 Å². The number of thiazole rings is 1. The number of para-hydroxylation sites is 1. The van der Waals surface area contributed by atoms with Crippen LogP contribution >= 0.6 is 23.1 Å². The maximum Gasteiger partial charge on any atom is 0.265 e. The van der Waals surface area contributed by atoms with Crippen molar-refractivity contribution in [2.24, 2.45) is 0 Å². The van der Waals surface area contributed by atoms with Crippen LogP contribution in [0, 0.1) is 0 Å². The van der Waals surface area contributed by atoms with E-state index in [9.17, 15) is 4.79 Å². The molecule has 1 saturated heterocycles. The van der Waals surface area contributed by atoms with Gasteiger partial charge in [-0.2, -0.15) is 4.57 Å². The summed E-state index contributed by atoms with van der Waals surface area (Å²) in [6.45, 7) is 3.09. The molecule has 3 rings (SSSR count). The number of hydrogen-bond acceptors (Lipinski definition) is 3. The highest BCUT2D eigenvalue weighted by Crippen LogP contribution is 2.30. The summed E-state index contributed by atoms with van der Waals surface area (Å²) < 4.78 is 3.58. The topological polar surface area (TPSA) is 24.2 Å². The van der Waals surface area contributed by atoms with Crippen molar-refractivity contribution < 1.29 is 9.36 Å². The maximum absolute atomic E-state index is 11.6. The molecule has 1 aromatic heterocycles. The molecule has 0 bridgehead atoms. The molecule has 1 aromatic carbocycles. The lowest BCUT2D eigenvalue weighted by atomic mass is 10.3. The average molecular weight is 291 g/mol. The lowest BCUT2D eigenvalue weighted by Crippen LogP contribution is -2.33. The summed E-state index contributed by atoms with van der Waals surface area (Å²) in [5, 5.41) is 2.24. The number of hydrogen-bond donors (Lipinski definition) is 0. The number of aromatic nitrogens is 1. The first-order valence-corrected chi connectivity index (χ1v) is 8.03. The number of amides is 1. The monoisotopic (exact) mass is 291 g/mol. The van der Waals surface area contributed by atoms with Crippen LogP contribution in [0.5, 0.6) is 0 Å². The van der Waals surface area contributed by atoms with E-state index in [1.165, 1.54) is 15.2 Å². The maximum atomic E-state index is 11.6. The third-order valence-electron chi connectivity index (χ3n) is 3.25. The van der Waals surface area contributed by atoms with Crippen molar-refractivity contribution in [3.8, 4) is 0 Å². The summed E-state index contributed by atoms with van der Waals surface area (Å²) in [4.78, 5) is 13.3. The van der Waals surface area contributed by atoms with Crippen LogP contribution in [0.15, 0.2) is 29.3 Å². The molecule has 0 aliphatic carbocycles. The van der Waals surface area contributed by atoms with Gasteiger partial charge in [0.15, 0.2) is 0 Å². The fourth-order valence-corrected chi connectivity index (χ4v) is 4.38. The number of nitrogens with zero attached hydrogens (tertiary/aromatic N) is 2. The molecule has 1 fully saturated rings. The Bertz CT molecular complexity index is 675. The minimum absolute atomic E-state index is 0.181. The second kappa shape index (κ2) is 4.98. The van der Waals surface area contributed by atoms with E-state index >= 15 is 0 Å². The van der Waals surface area contributed by atoms with E-state index in [0.717, 1.165) is 11.6 Å². The second-order valence-electron chi connectivity index (χ2n) is 4.38. The van der Waals surface area contributed by atoms with Gasteiger partial charge in [0.1, 0.15) is 11.2 Å². The normalized spacial score (nSPS) is 17.9. The molecule has 0 saturated carbocycles. The first kappa shape index (κ1) is 12.7. The van der Waals surface area contributed by atoms with Crippen molar-refractivity contribution in [2.45, 2.75) is 13.5 Å². The van der Waals surface area contributed by atoms with Crippen molar-refractivity contribution in [1.29, 1.82) is 0 Å². The number of carbonyl (C=O) groups is 1. The Balaban J connectivity index is 2.10. The molecule has 0 N–H and O–H groups in total. The summed E-state index contributed by atoms with van der Waals surface area (Å²) in [5.41, 5.74) is 1.26. The minimum Gasteiger partial charge on any atom is -0.309 e. The quantitative estimate of drug-likeness (QED) is 0.795. The molecular weight excluding hydrogens is 276 g/mol. The highest BCUT2D eigenvalue weighted by atomic mass is 32.2. The summed E-state index contributed by atoms with van der Waals surface area (Å²) in [6, 6.07) is 8.42. The molecule has 0 spiro atoms. The number of rotatable bonds is 2. The second-order valence-corrected chi connectivity index (χ2v) is 6.43. The molecule has 0 radical (unpaired) electrons. The van der Waals surface area contributed by atoms with Gasteiger partial charge in [0.05, 0.1) is 16.9 Å². The van der Waals surface area contributed by atoms with Crippen molar-refractivity contribution in [1.82, 2.24) is 4.90 Å². The van der Waals surface area contributed by atoms with Gasteiger partial charge in [0.25, 0.3) is 5.01 Å². The molecule has 1 aliphatic rings. The van der Waals surface area contributed by atoms with Crippen LogP contribution in [0.25, 0.3) is 16.3 Å². The lowest BCUT2D eigenvalue weighted by Gasteiger charge is -2.07. The molecule has 98 valence electrons. The molecule has 19 heavy (non-hydrogen) atoms. The number of benzene rings is 1. The van der Waals surface area contributed by atoms with Crippen LogP contribution in [0.4, 0.5) is 0 Å². The molecule has 2 heterocycles. The number of aryl methyl sites for hydroxylation is 1. The standard InChI is InChI=1S/C14H15N2OS2/c1-3-16-10-6-4-5-7-11(10)19-14(16)8-13-15(2)12(17)9-18-13/h4-8H,3,9H2,1-2H3/q+1. The van der Waals surface area contributed by atoms with Crippen LogP contribution in [0.1, 0.15) is 11.9 Å². The summed E-state index contributed by atoms with van der Waals surface area (Å²) >= 11 is 3.39. The van der Waals surface area contributed by atoms with Crippen molar-refractivity contribution in [3.05, 3.63) is 34.3 Å². The Morgan fingerprint density at radius 1 is 1.42 bits per heavy atom. The SMILES string of the molecule is CC[n+]1c(C=C2SCC(=O)N2C)sc2ccccc21. The zero-order valence-corrected chi connectivity index (χ0v) is 12.6. The van der Waals surface area contributed by atoms with E-state index in [4.69, 9.17) is 0 Å². The fourth-order valence-electron chi connectivity index (χ4n) is 2.18. The lowest BCUT2D eigenvalue weighted by molar-refractivity contribution is -0.665. The first-order chi connectivity index (χ1) is 9.20. The third kappa shape index (κ3) is 2.17. The highest BCUT2D eigenvalue weighted by Gasteiger charge is 2.25. The van der Waals surface area contributed by atoms with Crippen molar-refractivity contribution in [3.63, 3.8) is 0 Å². The number of fused-ring (bicyclic) bond motifs is 1. The molecular formula is C14H15N2OS2+. The number of carbonyl (C=O) groups excluding carboxylic acids is 1. The molecule has 3 nitrogen and oxygen atoms in total. The van der Waals surface area contributed by atoms with E-state index in [-0.39, 0.29) is 5.91 Å². The van der Waals surface area contributed by atoms with Crippen LogP contribution in [0.2, 0.25) is 0 Å². The Labute approximate surface area is 120 Å². The Morgan fingerprint density at radius 3 is 2.89 bits per heavy atom. The van der Waals surface area contributed by atoms with Crippen LogP contribution in [-0.2, 0) is 11.3 Å². The van der Waals surface area contributed by atoms with Gasteiger partial charge < -0.3 is 4.90 Å². The molecule has 1 amide bonds. The van der Waals surface area contributed by atoms with Gasteiger partial charge in [-0.05, 0) is 13.0 Å². The minimum atomic E-state index is 0.181. The van der Waals surface area contributed by atoms with Crippen LogP contribution in [0.3, 0.4) is 0 Å². The predicted molar refractivity (Wildman–Crippen MR) is 80.9 cm³/mol. The van der Waals surface area contributed by atoms with E-state index in [0.29, 0.717) is 5.75 Å². The molecule has 0 atom stereocenters. The van der Waals surface area contributed by atoms with Gasteiger partial charge >= 0.3 is 0 Å². The van der Waals surface area contributed by atoms with Crippen LogP contribution < -0.4 is 4.57 Å². The van der Waals surface area contributed by atoms with Gasteiger partial charge in [-0.25, -0.2) is 0 Å². The Kier molecular flexibility index (Phi) is 3.33. The average Bonchev–Trinajstić information content (AvgIpc) is 2.93.